The van der Waals surface area contributed by atoms with E-state index in [1.807, 2.05) is 0 Å². The molecule has 0 atom stereocenters. The maximum atomic E-state index is 12.8. The van der Waals surface area contributed by atoms with Gasteiger partial charge in [0.1, 0.15) is 5.75 Å². The quantitative estimate of drug-likeness (QED) is 0.557. The number of nitrogens with one attached hydrogen (secondary N) is 1. The van der Waals surface area contributed by atoms with Crippen LogP contribution in [0.25, 0.3) is 0 Å². The van der Waals surface area contributed by atoms with Gasteiger partial charge < -0.3 is 10.1 Å². The van der Waals surface area contributed by atoms with E-state index in [2.05, 4.69) is 5.32 Å². The van der Waals surface area contributed by atoms with Crippen molar-refractivity contribution in [1.29, 1.82) is 0 Å². The highest BCUT2D eigenvalue weighted by atomic mass is 35.5. The average Bonchev–Trinajstić information content (AvgIpc) is 2.72. The van der Waals surface area contributed by atoms with Gasteiger partial charge in [0.15, 0.2) is 22.2 Å². The standard InChI is InChI=1S/C22H18ClNO5S/c1-30(27,28)18-10-8-17(9-11-18)24-21(25)14-29-20-12-7-16(23)13-19(20)22(26)15-5-3-2-4-6-15/h2-13H,14H2,1H3,(H,24,25). The molecule has 30 heavy (non-hydrogen) atoms. The first-order valence-corrected chi connectivity index (χ1v) is 11.1. The Morgan fingerprint density at radius 3 is 2.27 bits per heavy atom. The Labute approximate surface area is 179 Å². The number of hydrogen-bond donors (Lipinski definition) is 1. The predicted octanol–water partition coefficient (Wildman–Crippen LogP) is 3.99. The molecule has 8 heteroatoms. The SMILES string of the molecule is CS(=O)(=O)c1ccc(NC(=O)COc2ccc(Cl)cc2C(=O)c2ccccc2)cc1. The number of amides is 1. The van der Waals surface area contributed by atoms with Crippen LogP contribution in [0, 0.1) is 0 Å². The van der Waals surface area contributed by atoms with Gasteiger partial charge >= 0.3 is 0 Å². The lowest BCUT2D eigenvalue weighted by molar-refractivity contribution is -0.118. The van der Waals surface area contributed by atoms with Crippen LogP contribution < -0.4 is 10.1 Å². The number of benzene rings is 3. The minimum Gasteiger partial charge on any atom is -0.483 e. The molecule has 0 saturated heterocycles. The van der Waals surface area contributed by atoms with E-state index in [0.29, 0.717) is 16.3 Å². The number of rotatable bonds is 7. The molecule has 0 bridgehead atoms. The summed E-state index contributed by atoms with van der Waals surface area (Å²) in [5.41, 5.74) is 1.15. The summed E-state index contributed by atoms with van der Waals surface area (Å²) in [6.45, 7) is -0.343. The second kappa shape index (κ2) is 9.11. The number of sulfone groups is 1. The molecule has 0 aliphatic rings. The van der Waals surface area contributed by atoms with E-state index >= 15 is 0 Å². The topological polar surface area (TPSA) is 89.5 Å². The van der Waals surface area contributed by atoms with Crippen LogP contribution in [0.15, 0.2) is 77.7 Å². The second-order valence-corrected chi connectivity index (χ2v) is 8.92. The van der Waals surface area contributed by atoms with Gasteiger partial charge in [0.05, 0.1) is 10.5 Å². The van der Waals surface area contributed by atoms with E-state index in [1.54, 1.807) is 36.4 Å². The van der Waals surface area contributed by atoms with Crippen molar-refractivity contribution in [3.05, 3.63) is 88.9 Å². The largest absolute Gasteiger partial charge is 0.483 e. The molecule has 1 amide bonds. The van der Waals surface area contributed by atoms with Crippen molar-refractivity contribution >= 4 is 38.8 Å². The molecule has 0 fully saturated rings. The molecule has 1 N–H and O–H groups in total. The highest BCUT2D eigenvalue weighted by Gasteiger charge is 2.16. The molecule has 3 aromatic carbocycles. The van der Waals surface area contributed by atoms with E-state index in [9.17, 15) is 18.0 Å². The third-order valence-electron chi connectivity index (χ3n) is 4.15. The summed E-state index contributed by atoms with van der Waals surface area (Å²) in [6.07, 6.45) is 1.11. The fraction of sp³-hybridized carbons (Fsp3) is 0.0909. The van der Waals surface area contributed by atoms with Crippen LogP contribution in [-0.2, 0) is 14.6 Å². The predicted molar refractivity (Wildman–Crippen MR) is 115 cm³/mol. The minimum atomic E-state index is -3.31. The van der Waals surface area contributed by atoms with Crippen molar-refractivity contribution in [1.82, 2.24) is 0 Å². The Hall–Kier alpha value is -3.16. The Morgan fingerprint density at radius 1 is 0.967 bits per heavy atom. The van der Waals surface area contributed by atoms with Crippen molar-refractivity contribution in [3.63, 3.8) is 0 Å². The first kappa shape index (κ1) is 21.5. The van der Waals surface area contributed by atoms with Gasteiger partial charge in [-0.3, -0.25) is 9.59 Å². The van der Waals surface area contributed by atoms with Crippen LogP contribution >= 0.6 is 11.6 Å². The van der Waals surface area contributed by atoms with Crippen molar-refractivity contribution < 1.29 is 22.7 Å². The summed E-state index contributed by atoms with van der Waals surface area (Å²) in [4.78, 5) is 25.2. The summed E-state index contributed by atoms with van der Waals surface area (Å²) in [5, 5.41) is 2.99. The molecule has 0 saturated carbocycles. The Kier molecular flexibility index (Phi) is 6.54. The first-order valence-electron chi connectivity index (χ1n) is 8.86. The lowest BCUT2D eigenvalue weighted by Gasteiger charge is -2.12. The number of anilines is 1. The number of ether oxygens (including phenoxy) is 1. The van der Waals surface area contributed by atoms with Crippen LogP contribution in [-0.4, -0.2) is 33.0 Å². The third-order valence-corrected chi connectivity index (χ3v) is 5.51. The molecule has 0 unspecified atom stereocenters. The highest BCUT2D eigenvalue weighted by molar-refractivity contribution is 7.90. The molecule has 0 aromatic heterocycles. The molecule has 3 aromatic rings. The van der Waals surface area contributed by atoms with Crippen molar-refractivity contribution in [2.24, 2.45) is 0 Å². The number of hydrogen-bond acceptors (Lipinski definition) is 5. The zero-order valence-corrected chi connectivity index (χ0v) is 17.5. The average molecular weight is 444 g/mol. The minimum absolute atomic E-state index is 0.155. The summed E-state index contributed by atoms with van der Waals surface area (Å²) in [6, 6.07) is 19.0. The number of carbonyl (C=O) groups excluding carboxylic acids is 2. The lowest BCUT2D eigenvalue weighted by atomic mass is 10.0. The Bertz CT molecular complexity index is 1180. The highest BCUT2D eigenvalue weighted by Crippen LogP contribution is 2.26. The molecule has 0 radical (unpaired) electrons. The maximum absolute atomic E-state index is 12.8. The molecule has 0 spiro atoms. The smallest absolute Gasteiger partial charge is 0.262 e. The van der Waals surface area contributed by atoms with Gasteiger partial charge in [-0.05, 0) is 42.5 Å². The summed E-state index contributed by atoms with van der Waals surface area (Å²) < 4.78 is 28.5. The normalized spacial score (nSPS) is 11.0. The molecule has 154 valence electrons. The fourth-order valence-corrected chi connectivity index (χ4v) is 3.48. The second-order valence-electron chi connectivity index (χ2n) is 6.47. The molecule has 6 nitrogen and oxygen atoms in total. The van der Waals surface area contributed by atoms with Crippen LogP contribution in [0.5, 0.6) is 5.75 Å². The number of halogens is 1. The van der Waals surface area contributed by atoms with Gasteiger partial charge in [-0.25, -0.2) is 8.42 Å². The van der Waals surface area contributed by atoms with Crippen LogP contribution in [0.2, 0.25) is 5.02 Å². The molecule has 0 aliphatic carbocycles. The van der Waals surface area contributed by atoms with Crippen LogP contribution in [0.1, 0.15) is 15.9 Å². The van der Waals surface area contributed by atoms with Gasteiger partial charge in [-0.15, -0.1) is 0 Å². The Morgan fingerprint density at radius 2 is 1.63 bits per heavy atom. The van der Waals surface area contributed by atoms with E-state index in [1.165, 1.54) is 36.4 Å². The molecular weight excluding hydrogens is 426 g/mol. The van der Waals surface area contributed by atoms with E-state index < -0.39 is 15.7 Å². The van der Waals surface area contributed by atoms with Gasteiger partial charge in [-0.2, -0.15) is 0 Å². The van der Waals surface area contributed by atoms with Crippen LogP contribution in [0.3, 0.4) is 0 Å². The van der Waals surface area contributed by atoms with Crippen molar-refractivity contribution in [2.45, 2.75) is 4.90 Å². The number of ketones is 1. The van der Waals surface area contributed by atoms with Crippen LogP contribution in [0.4, 0.5) is 5.69 Å². The summed E-state index contributed by atoms with van der Waals surface area (Å²) in [7, 11) is -3.31. The van der Waals surface area contributed by atoms with E-state index in [0.717, 1.165) is 6.26 Å². The molecule has 0 heterocycles. The van der Waals surface area contributed by atoms with Gasteiger partial charge in [0.2, 0.25) is 0 Å². The maximum Gasteiger partial charge on any atom is 0.262 e. The lowest BCUT2D eigenvalue weighted by Crippen LogP contribution is -2.21. The Balaban J connectivity index is 1.70. The third kappa shape index (κ3) is 5.46. The molecule has 0 aliphatic heterocycles. The van der Waals surface area contributed by atoms with Gasteiger partial charge in [-0.1, -0.05) is 41.9 Å². The van der Waals surface area contributed by atoms with Gasteiger partial charge in [0, 0.05) is 22.5 Å². The summed E-state index contributed by atoms with van der Waals surface area (Å²) in [5.74, 6) is -0.504. The molecular formula is C22H18ClNO5S. The van der Waals surface area contributed by atoms with E-state index in [-0.39, 0.29) is 28.6 Å². The fourth-order valence-electron chi connectivity index (χ4n) is 2.68. The zero-order chi connectivity index (χ0) is 21.7. The van der Waals surface area contributed by atoms with E-state index in [4.69, 9.17) is 16.3 Å². The monoisotopic (exact) mass is 443 g/mol. The van der Waals surface area contributed by atoms with Crippen molar-refractivity contribution in [2.75, 3.05) is 18.2 Å². The first-order chi connectivity index (χ1) is 14.2. The zero-order valence-electron chi connectivity index (χ0n) is 16.0. The van der Waals surface area contributed by atoms with Crippen molar-refractivity contribution in [3.8, 4) is 5.75 Å². The molecule has 3 rings (SSSR count). The van der Waals surface area contributed by atoms with Gasteiger partial charge in [0.25, 0.3) is 5.91 Å². The summed E-state index contributed by atoms with van der Waals surface area (Å²) >= 11 is 6.03. The number of carbonyl (C=O) groups is 2.